The van der Waals surface area contributed by atoms with Crippen molar-refractivity contribution in [3.8, 4) is 0 Å². The fourth-order valence-corrected chi connectivity index (χ4v) is 7.95. The maximum absolute atomic E-state index is 13.4. The quantitative estimate of drug-likeness (QED) is 0.734. The largest absolute Gasteiger partial charge is 0.354 e. The second kappa shape index (κ2) is 6.81. The van der Waals surface area contributed by atoms with Crippen molar-refractivity contribution in [3.63, 3.8) is 0 Å². The summed E-state index contributed by atoms with van der Waals surface area (Å²) in [4.78, 5) is 40.1. The van der Waals surface area contributed by atoms with Crippen molar-refractivity contribution in [2.24, 2.45) is 23.2 Å². The second-order valence-corrected chi connectivity index (χ2v) is 10.9. The van der Waals surface area contributed by atoms with Gasteiger partial charge in [0.05, 0.1) is 0 Å². The van der Waals surface area contributed by atoms with Crippen molar-refractivity contribution >= 4 is 17.8 Å². The van der Waals surface area contributed by atoms with Crippen molar-refractivity contribution < 1.29 is 14.4 Å². The van der Waals surface area contributed by atoms with E-state index in [4.69, 9.17) is 0 Å². The summed E-state index contributed by atoms with van der Waals surface area (Å²) in [6.07, 6.45) is 10.1. The molecule has 0 radical (unpaired) electrons. The molecule has 1 heterocycles. The average molecular weight is 422 g/mol. The van der Waals surface area contributed by atoms with Crippen LogP contribution in [-0.4, -0.2) is 35.8 Å². The summed E-state index contributed by atoms with van der Waals surface area (Å²) >= 11 is 0. The number of fused-ring (bicyclic) bond motifs is 2. The molecule has 1 aromatic rings. The number of hydrogen-bond donors (Lipinski definition) is 2. The molecule has 31 heavy (non-hydrogen) atoms. The number of amides is 4. The highest BCUT2D eigenvalue weighted by molar-refractivity contribution is 6.09. The van der Waals surface area contributed by atoms with Crippen molar-refractivity contribution in [1.82, 2.24) is 15.5 Å². The lowest BCUT2D eigenvalue weighted by atomic mass is 9.49. The molecule has 1 atom stereocenters. The highest BCUT2D eigenvalue weighted by Gasteiger charge is 2.54. The smallest absolute Gasteiger partial charge is 0.325 e. The first kappa shape index (κ1) is 19.3. The van der Waals surface area contributed by atoms with Gasteiger partial charge in [0.1, 0.15) is 12.1 Å². The van der Waals surface area contributed by atoms with Crippen LogP contribution in [0, 0.1) is 23.2 Å². The average Bonchev–Trinajstić information content (AvgIpc) is 2.96. The van der Waals surface area contributed by atoms with Gasteiger partial charge >= 0.3 is 6.03 Å². The van der Waals surface area contributed by atoms with Crippen LogP contribution in [0.25, 0.3) is 0 Å². The van der Waals surface area contributed by atoms with Crippen LogP contribution in [0.5, 0.6) is 0 Å². The summed E-state index contributed by atoms with van der Waals surface area (Å²) in [5.74, 6) is 2.00. The Labute approximate surface area is 183 Å². The zero-order chi connectivity index (χ0) is 21.2. The van der Waals surface area contributed by atoms with Crippen LogP contribution in [-0.2, 0) is 21.5 Å². The highest BCUT2D eigenvalue weighted by Crippen LogP contribution is 2.59. The van der Waals surface area contributed by atoms with Gasteiger partial charge in [-0.25, -0.2) is 4.79 Å². The van der Waals surface area contributed by atoms with Crippen molar-refractivity contribution in [2.45, 2.75) is 63.3 Å². The Morgan fingerprint density at radius 3 is 2.45 bits per heavy atom. The Morgan fingerprint density at radius 1 is 1.06 bits per heavy atom. The Balaban J connectivity index is 1.14. The zero-order valence-electron chi connectivity index (χ0n) is 18.0. The zero-order valence-corrected chi connectivity index (χ0v) is 18.0. The predicted octanol–water partition coefficient (Wildman–Crippen LogP) is 3.10. The molecule has 6 aliphatic rings. The molecule has 5 aliphatic carbocycles. The molecular weight excluding hydrogens is 390 g/mol. The van der Waals surface area contributed by atoms with Gasteiger partial charge in [-0.15, -0.1) is 0 Å². The number of aryl methyl sites for hydroxylation is 1. The minimum Gasteiger partial charge on any atom is -0.354 e. The topological polar surface area (TPSA) is 78.5 Å². The van der Waals surface area contributed by atoms with E-state index >= 15 is 0 Å². The van der Waals surface area contributed by atoms with Crippen molar-refractivity contribution in [3.05, 3.63) is 35.4 Å². The van der Waals surface area contributed by atoms with Crippen LogP contribution in [0.3, 0.4) is 0 Å². The minimum atomic E-state index is -1.01. The van der Waals surface area contributed by atoms with Crippen LogP contribution in [0.1, 0.15) is 62.5 Å². The number of carbonyl (C=O) groups is 3. The van der Waals surface area contributed by atoms with E-state index in [1.165, 1.54) is 38.5 Å². The first-order valence-corrected chi connectivity index (χ1v) is 12.0. The second-order valence-electron chi connectivity index (χ2n) is 10.9. The number of nitrogens with zero attached hydrogens (tertiary/aromatic N) is 1. The van der Waals surface area contributed by atoms with E-state index in [2.05, 4.69) is 10.6 Å². The Hall–Kier alpha value is -2.37. The van der Waals surface area contributed by atoms with E-state index in [1.807, 2.05) is 24.3 Å². The summed E-state index contributed by atoms with van der Waals surface area (Å²) in [7, 11) is 0. The van der Waals surface area contributed by atoms with E-state index in [0.717, 1.165) is 46.6 Å². The number of benzene rings is 1. The summed E-state index contributed by atoms with van der Waals surface area (Å²) in [6.45, 7) is 0.494. The van der Waals surface area contributed by atoms with Gasteiger partial charge in [-0.1, -0.05) is 24.3 Å². The Morgan fingerprint density at radius 2 is 1.74 bits per heavy atom. The van der Waals surface area contributed by atoms with E-state index in [9.17, 15) is 14.4 Å². The lowest BCUT2D eigenvalue weighted by Crippen LogP contribution is -2.52. The van der Waals surface area contributed by atoms with Crippen molar-refractivity contribution in [1.29, 1.82) is 0 Å². The Kier molecular flexibility index (Phi) is 4.25. The van der Waals surface area contributed by atoms with Gasteiger partial charge in [0.2, 0.25) is 5.91 Å². The fraction of sp³-hybridized carbons (Fsp3) is 0.640. The molecule has 1 saturated heterocycles. The highest BCUT2D eigenvalue weighted by atomic mass is 16.2. The van der Waals surface area contributed by atoms with Crippen LogP contribution in [0.4, 0.5) is 4.79 Å². The van der Waals surface area contributed by atoms with Crippen LogP contribution in [0.15, 0.2) is 24.3 Å². The summed E-state index contributed by atoms with van der Waals surface area (Å²) in [6, 6.07) is 7.38. The van der Waals surface area contributed by atoms with Crippen LogP contribution >= 0.6 is 0 Å². The monoisotopic (exact) mass is 421 g/mol. The molecule has 164 valence electrons. The third-order valence-electron chi connectivity index (χ3n) is 8.78. The molecule has 7 rings (SSSR count). The number of nitrogens with one attached hydrogen (secondary N) is 2. The van der Waals surface area contributed by atoms with Gasteiger partial charge in [0.15, 0.2) is 0 Å². The molecule has 6 heteroatoms. The normalized spacial score (nSPS) is 37.8. The van der Waals surface area contributed by atoms with Gasteiger partial charge < -0.3 is 10.6 Å². The maximum Gasteiger partial charge on any atom is 0.325 e. The molecule has 1 aliphatic heterocycles. The molecule has 5 fully saturated rings. The molecule has 4 saturated carbocycles. The summed E-state index contributed by atoms with van der Waals surface area (Å²) in [5.41, 5.74) is 1.23. The van der Waals surface area contributed by atoms with E-state index in [-0.39, 0.29) is 23.8 Å². The summed E-state index contributed by atoms with van der Waals surface area (Å²) < 4.78 is 0. The molecule has 4 bridgehead atoms. The molecular formula is C25H31N3O3. The molecule has 1 aromatic carbocycles. The minimum absolute atomic E-state index is 0.194. The van der Waals surface area contributed by atoms with Gasteiger partial charge in [-0.3, -0.25) is 14.5 Å². The first-order valence-electron chi connectivity index (χ1n) is 12.0. The van der Waals surface area contributed by atoms with Gasteiger partial charge in [0.25, 0.3) is 5.91 Å². The lowest BCUT2D eigenvalue weighted by Gasteiger charge is -2.56. The molecule has 4 amide bonds. The standard InChI is InChI=1S/C25H31N3O3/c29-21(26-15-24-11-16-8-17(12-24)10-18(9-16)13-24)14-28-22(30)25(27-23(28)31)7-3-5-19-4-1-2-6-20(19)25/h1-2,4,6,16-18H,3,5,7-15H2,(H,26,29)(H,27,31)/t16?,17?,18?,24?,25-/m0/s1. The number of carbonyl (C=O) groups excluding carboxylic acids is 3. The molecule has 6 nitrogen and oxygen atoms in total. The van der Waals surface area contributed by atoms with Gasteiger partial charge in [-0.2, -0.15) is 0 Å². The third-order valence-corrected chi connectivity index (χ3v) is 8.78. The van der Waals surface area contributed by atoms with Crippen LogP contribution in [0.2, 0.25) is 0 Å². The Bertz CT molecular complexity index is 922. The van der Waals surface area contributed by atoms with Gasteiger partial charge in [-0.05, 0) is 92.1 Å². The number of imide groups is 1. The number of urea groups is 1. The van der Waals surface area contributed by atoms with Gasteiger partial charge in [0, 0.05) is 6.54 Å². The van der Waals surface area contributed by atoms with Crippen molar-refractivity contribution in [2.75, 3.05) is 13.1 Å². The maximum atomic E-state index is 13.4. The molecule has 0 unspecified atom stereocenters. The molecule has 1 spiro atoms. The molecule has 2 N–H and O–H groups in total. The van der Waals surface area contributed by atoms with Crippen LogP contribution < -0.4 is 10.6 Å². The van der Waals surface area contributed by atoms with E-state index in [0.29, 0.717) is 13.0 Å². The SMILES string of the molecule is O=C(CN1C(=O)N[C@]2(CCCc3ccccc32)C1=O)NCC12CC3CC(CC(C3)C1)C2. The third kappa shape index (κ3) is 3.01. The lowest BCUT2D eigenvalue weighted by molar-refractivity contribution is -0.136. The fourth-order valence-electron chi connectivity index (χ4n) is 7.95. The number of rotatable bonds is 4. The number of hydrogen-bond acceptors (Lipinski definition) is 3. The summed E-state index contributed by atoms with van der Waals surface area (Å²) in [5, 5.41) is 6.04. The van der Waals surface area contributed by atoms with E-state index < -0.39 is 11.6 Å². The van der Waals surface area contributed by atoms with E-state index in [1.54, 1.807) is 0 Å². The predicted molar refractivity (Wildman–Crippen MR) is 115 cm³/mol. The first-order chi connectivity index (χ1) is 15.0. The molecule has 0 aromatic heterocycles.